The molecule has 5 rings (SSSR count). The molecule has 3 aliphatic heterocycles. The van der Waals surface area contributed by atoms with Gasteiger partial charge in [0, 0.05) is 51.9 Å². The van der Waals surface area contributed by atoms with Gasteiger partial charge in [0.2, 0.25) is 6.79 Å². The van der Waals surface area contributed by atoms with Gasteiger partial charge in [-0.1, -0.05) is 6.07 Å². The summed E-state index contributed by atoms with van der Waals surface area (Å²) in [5, 5.41) is 2.15. The highest BCUT2D eigenvalue weighted by Gasteiger charge is 2.28. The first-order valence-electron chi connectivity index (χ1n) is 11.3. The third-order valence-electron chi connectivity index (χ3n) is 6.65. The van der Waals surface area contributed by atoms with Crippen LogP contribution >= 0.6 is 11.3 Å². The molecule has 31 heavy (non-hydrogen) atoms. The number of likely N-dealkylation sites (tertiary alicyclic amines) is 1. The number of thiophene rings is 1. The zero-order chi connectivity index (χ0) is 21.2. The molecule has 6 nitrogen and oxygen atoms in total. The van der Waals surface area contributed by atoms with Gasteiger partial charge in [0.1, 0.15) is 0 Å². The van der Waals surface area contributed by atoms with E-state index in [1.807, 2.05) is 6.07 Å². The quantitative estimate of drug-likeness (QED) is 0.640. The van der Waals surface area contributed by atoms with Gasteiger partial charge in [0.05, 0.1) is 4.88 Å². The molecule has 4 heterocycles. The average molecular weight is 442 g/mol. The fraction of sp³-hybridized carbons (Fsp3) is 0.542. The minimum atomic E-state index is 0.173. The Morgan fingerprint density at radius 1 is 1.00 bits per heavy atom. The highest BCUT2D eigenvalue weighted by atomic mass is 32.1. The van der Waals surface area contributed by atoms with Crippen molar-refractivity contribution in [1.82, 2.24) is 14.7 Å². The number of ether oxygens (including phenoxy) is 2. The topological polar surface area (TPSA) is 45.3 Å². The molecule has 2 fully saturated rings. The Hall–Kier alpha value is -1.93. The highest BCUT2D eigenvalue weighted by molar-refractivity contribution is 7.12. The molecular formula is C24H31N3O3S. The van der Waals surface area contributed by atoms with Crippen LogP contribution in [0.25, 0.3) is 0 Å². The number of Topliss-reactive ketones (excluding diaryl/α,β-unsaturated/α-hetero) is 1. The van der Waals surface area contributed by atoms with Crippen LogP contribution in [0.2, 0.25) is 0 Å². The lowest BCUT2D eigenvalue weighted by Crippen LogP contribution is -2.54. The Morgan fingerprint density at radius 2 is 1.81 bits per heavy atom. The first kappa shape index (κ1) is 20.9. The number of ketones is 1. The van der Waals surface area contributed by atoms with E-state index in [1.54, 1.807) is 18.3 Å². The van der Waals surface area contributed by atoms with Crippen molar-refractivity contribution in [2.24, 2.45) is 0 Å². The molecule has 0 saturated carbocycles. The Bertz CT molecular complexity index is 923. The predicted molar refractivity (Wildman–Crippen MR) is 122 cm³/mol. The van der Waals surface area contributed by atoms with Crippen molar-refractivity contribution >= 4 is 17.1 Å². The van der Waals surface area contributed by atoms with Crippen LogP contribution in [0.3, 0.4) is 0 Å². The number of fused-ring (bicyclic) bond motifs is 1. The maximum Gasteiger partial charge on any atom is 0.231 e. The van der Waals surface area contributed by atoms with Crippen LogP contribution in [0.15, 0.2) is 29.6 Å². The molecule has 1 aromatic carbocycles. The minimum Gasteiger partial charge on any atom is -0.454 e. The van der Waals surface area contributed by atoms with Crippen LogP contribution in [0, 0.1) is 0 Å². The van der Waals surface area contributed by atoms with E-state index in [4.69, 9.17) is 9.47 Å². The molecular weight excluding hydrogens is 410 g/mol. The van der Waals surface area contributed by atoms with E-state index in [0.717, 1.165) is 68.7 Å². The monoisotopic (exact) mass is 441 g/mol. The Balaban J connectivity index is 1.11. The van der Waals surface area contributed by atoms with E-state index < -0.39 is 0 Å². The lowest BCUT2D eigenvalue weighted by molar-refractivity contribution is 0.0477. The van der Waals surface area contributed by atoms with Crippen LogP contribution in [0.1, 0.15) is 40.6 Å². The SMILES string of the molecule is CC(=O)c1cc(CN2CCCC(N3CCN(Cc4ccc5c(c4)OCO5)CC3)C2)cs1. The number of hydrogen-bond acceptors (Lipinski definition) is 7. The van der Waals surface area contributed by atoms with Crippen molar-refractivity contribution in [2.75, 3.05) is 46.1 Å². The average Bonchev–Trinajstić information content (AvgIpc) is 3.44. The van der Waals surface area contributed by atoms with Crippen molar-refractivity contribution in [1.29, 1.82) is 0 Å². The van der Waals surface area contributed by atoms with Crippen LogP contribution in [0.5, 0.6) is 11.5 Å². The third-order valence-corrected chi connectivity index (χ3v) is 7.73. The molecule has 1 aromatic heterocycles. The first-order valence-corrected chi connectivity index (χ1v) is 12.2. The van der Waals surface area contributed by atoms with Crippen LogP contribution < -0.4 is 9.47 Å². The number of nitrogens with zero attached hydrogens (tertiary/aromatic N) is 3. The summed E-state index contributed by atoms with van der Waals surface area (Å²) in [6, 6.07) is 9.02. The number of piperazine rings is 1. The summed E-state index contributed by atoms with van der Waals surface area (Å²) in [6.45, 7) is 10.7. The molecule has 7 heteroatoms. The van der Waals surface area contributed by atoms with E-state index in [0.29, 0.717) is 12.8 Å². The lowest BCUT2D eigenvalue weighted by Gasteiger charge is -2.43. The van der Waals surface area contributed by atoms with Crippen molar-refractivity contribution in [2.45, 2.75) is 38.9 Å². The fourth-order valence-electron chi connectivity index (χ4n) is 4.96. The molecule has 0 N–H and O–H groups in total. The van der Waals surface area contributed by atoms with Crippen LogP contribution in [-0.4, -0.2) is 72.6 Å². The van der Waals surface area contributed by atoms with Gasteiger partial charge in [0.15, 0.2) is 17.3 Å². The van der Waals surface area contributed by atoms with Crippen LogP contribution in [0.4, 0.5) is 0 Å². The summed E-state index contributed by atoms with van der Waals surface area (Å²) >= 11 is 1.58. The molecule has 3 aliphatic rings. The minimum absolute atomic E-state index is 0.173. The maximum absolute atomic E-state index is 11.6. The van der Waals surface area contributed by atoms with Crippen molar-refractivity contribution in [3.05, 3.63) is 45.6 Å². The Labute approximate surface area is 188 Å². The number of carbonyl (C=O) groups excluding carboxylic acids is 1. The summed E-state index contributed by atoms with van der Waals surface area (Å²) in [4.78, 5) is 20.3. The molecule has 0 aliphatic carbocycles. The molecule has 2 saturated heterocycles. The van der Waals surface area contributed by atoms with Gasteiger partial charge >= 0.3 is 0 Å². The van der Waals surface area contributed by atoms with Gasteiger partial charge in [-0.15, -0.1) is 11.3 Å². The Kier molecular flexibility index (Phi) is 6.27. The number of rotatable bonds is 6. The second-order valence-electron chi connectivity index (χ2n) is 8.91. The van der Waals surface area contributed by atoms with Crippen LogP contribution in [-0.2, 0) is 13.1 Å². The zero-order valence-corrected chi connectivity index (χ0v) is 19.0. The molecule has 0 radical (unpaired) electrons. The number of hydrogen-bond donors (Lipinski definition) is 0. The molecule has 1 atom stereocenters. The second kappa shape index (κ2) is 9.28. The smallest absolute Gasteiger partial charge is 0.231 e. The van der Waals surface area contributed by atoms with Crippen molar-refractivity contribution in [3.8, 4) is 11.5 Å². The summed E-state index contributed by atoms with van der Waals surface area (Å²) in [7, 11) is 0. The summed E-state index contributed by atoms with van der Waals surface area (Å²) in [5.41, 5.74) is 2.58. The van der Waals surface area contributed by atoms with Gasteiger partial charge in [-0.2, -0.15) is 0 Å². The predicted octanol–water partition coefficient (Wildman–Crippen LogP) is 3.46. The molecule has 0 bridgehead atoms. The molecule has 2 aromatic rings. The second-order valence-corrected chi connectivity index (χ2v) is 9.82. The summed E-state index contributed by atoms with van der Waals surface area (Å²) in [5.74, 6) is 1.90. The lowest BCUT2D eigenvalue weighted by atomic mass is 10.0. The van der Waals surface area contributed by atoms with Gasteiger partial charge in [-0.25, -0.2) is 0 Å². The third kappa shape index (κ3) is 4.95. The van der Waals surface area contributed by atoms with Gasteiger partial charge < -0.3 is 9.47 Å². The fourth-order valence-corrected chi connectivity index (χ4v) is 5.76. The summed E-state index contributed by atoms with van der Waals surface area (Å²) < 4.78 is 10.9. The highest BCUT2D eigenvalue weighted by Crippen LogP contribution is 2.33. The molecule has 0 spiro atoms. The van der Waals surface area contributed by atoms with E-state index in [-0.39, 0.29) is 5.78 Å². The maximum atomic E-state index is 11.6. The van der Waals surface area contributed by atoms with Crippen molar-refractivity contribution in [3.63, 3.8) is 0 Å². The van der Waals surface area contributed by atoms with Gasteiger partial charge in [0.25, 0.3) is 0 Å². The molecule has 0 amide bonds. The standard InChI is InChI=1S/C24H31N3O3S/c1-18(28)24-12-20(16-31-24)14-26-6-2-3-21(15-26)27-9-7-25(8-10-27)13-19-4-5-22-23(11-19)30-17-29-22/h4-5,11-12,16,21H,2-3,6-10,13-15,17H2,1H3. The number of piperidine rings is 1. The number of carbonyl (C=O) groups is 1. The normalized spacial score (nSPS) is 22.7. The van der Waals surface area contributed by atoms with E-state index in [2.05, 4.69) is 38.3 Å². The van der Waals surface area contributed by atoms with E-state index in [1.165, 1.54) is 24.0 Å². The van der Waals surface area contributed by atoms with Gasteiger partial charge in [-0.05, 0) is 61.0 Å². The van der Waals surface area contributed by atoms with E-state index >= 15 is 0 Å². The number of benzene rings is 1. The zero-order valence-electron chi connectivity index (χ0n) is 18.2. The van der Waals surface area contributed by atoms with Crippen molar-refractivity contribution < 1.29 is 14.3 Å². The largest absolute Gasteiger partial charge is 0.454 e. The molecule has 1 unspecified atom stereocenters. The summed E-state index contributed by atoms with van der Waals surface area (Å²) in [6.07, 6.45) is 2.55. The first-order chi connectivity index (χ1) is 15.1. The Morgan fingerprint density at radius 3 is 2.61 bits per heavy atom. The molecule has 166 valence electrons. The van der Waals surface area contributed by atoms with E-state index in [9.17, 15) is 4.79 Å². The van der Waals surface area contributed by atoms with Gasteiger partial charge in [-0.3, -0.25) is 19.5 Å².